The third kappa shape index (κ3) is 4.51. The van der Waals surface area contributed by atoms with Crippen LogP contribution in [0.4, 0.5) is 17.1 Å². The van der Waals surface area contributed by atoms with Crippen LogP contribution in [0.2, 0.25) is 0 Å². The van der Waals surface area contributed by atoms with Gasteiger partial charge in [-0.05, 0) is 37.6 Å². The van der Waals surface area contributed by atoms with Crippen LogP contribution in [0.25, 0.3) is 0 Å². The second kappa shape index (κ2) is 8.02. The molecular formula is C20H23N3O4S. The number of aryl methyl sites for hydroxylation is 1. The van der Waals surface area contributed by atoms with Crippen molar-refractivity contribution in [2.45, 2.75) is 19.8 Å². The first-order valence-corrected chi connectivity index (χ1v) is 10.8. The summed E-state index contributed by atoms with van der Waals surface area (Å²) >= 11 is 0. The van der Waals surface area contributed by atoms with Gasteiger partial charge in [-0.3, -0.25) is 13.9 Å². The molecule has 1 heterocycles. The number of nitrogens with zero attached hydrogens (tertiary/aromatic N) is 2. The number of hydrogen-bond acceptors (Lipinski definition) is 4. The van der Waals surface area contributed by atoms with Gasteiger partial charge in [-0.15, -0.1) is 0 Å². The second-order valence-corrected chi connectivity index (χ2v) is 8.73. The number of rotatable bonds is 6. The average molecular weight is 401 g/mol. The van der Waals surface area contributed by atoms with Crippen molar-refractivity contribution in [3.63, 3.8) is 0 Å². The third-order valence-corrected chi connectivity index (χ3v) is 5.74. The quantitative estimate of drug-likeness (QED) is 0.806. The summed E-state index contributed by atoms with van der Waals surface area (Å²) in [5.41, 5.74) is 2.87. The molecule has 2 amide bonds. The van der Waals surface area contributed by atoms with Crippen molar-refractivity contribution in [1.82, 2.24) is 0 Å². The lowest BCUT2D eigenvalue weighted by Gasteiger charge is -2.29. The largest absolute Gasteiger partial charge is 0.323 e. The summed E-state index contributed by atoms with van der Waals surface area (Å²) in [7, 11) is -3.47. The number of nitrogens with one attached hydrogen (secondary N) is 1. The maximum Gasteiger partial charge on any atom is 0.244 e. The van der Waals surface area contributed by atoms with Crippen LogP contribution in [-0.4, -0.2) is 39.6 Å². The molecule has 0 aromatic heterocycles. The lowest BCUT2D eigenvalue weighted by atomic mass is 10.1. The zero-order valence-electron chi connectivity index (χ0n) is 15.9. The molecule has 0 fully saturated rings. The van der Waals surface area contributed by atoms with E-state index in [0.717, 1.165) is 11.8 Å². The summed E-state index contributed by atoms with van der Waals surface area (Å²) in [6.07, 6.45) is 1.64. The van der Waals surface area contributed by atoms with E-state index in [-0.39, 0.29) is 31.3 Å². The van der Waals surface area contributed by atoms with Crippen molar-refractivity contribution in [2.24, 2.45) is 0 Å². The van der Waals surface area contributed by atoms with E-state index in [9.17, 15) is 18.0 Å². The number of para-hydroxylation sites is 2. The topological polar surface area (TPSA) is 86.8 Å². The average Bonchev–Trinajstić information content (AvgIpc) is 2.64. The number of fused-ring (bicyclic) bond motifs is 1. The van der Waals surface area contributed by atoms with Crippen molar-refractivity contribution >= 4 is 38.9 Å². The fourth-order valence-electron chi connectivity index (χ4n) is 3.16. The van der Waals surface area contributed by atoms with E-state index in [1.807, 2.05) is 19.1 Å². The predicted octanol–water partition coefficient (Wildman–Crippen LogP) is 2.53. The number of sulfonamides is 1. The minimum absolute atomic E-state index is 0.0381. The van der Waals surface area contributed by atoms with Crippen LogP contribution in [0.5, 0.6) is 0 Å². The van der Waals surface area contributed by atoms with Gasteiger partial charge in [0.15, 0.2) is 0 Å². The Kier molecular flexibility index (Phi) is 5.69. The Morgan fingerprint density at radius 1 is 1.14 bits per heavy atom. The molecule has 3 rings (SSSR count). The molecule has 0 aliphatic carbocycles. The highest BCUT2D eigenvalue weighted by Gasteiger charge is 2.26. The van der Waals surface area contributed by atoms with Crippen LogP contribution in [0.1, 0.15) is 18.4 Å². The second-order valence-electron chi connectivity index (χ2n) is 6.82. The maximum absolute atomic E-state index is 12.7. The molecule has 1 N–H and O–H groups in total. The Morgan fingerprint density at radius 2 is 1.82 bits per heavy atom. The summed E-state index contributed by atoms with van der Waals surface area (Å²) in [4.78, 5) is 26.0. The lowest BCUT2D eigenvalue weighted by molar-refractivity contribution is -0.121. The SMILES string of the molecule is Cc1ccc(N(CCCC(=O)N2CC(=O)Nc3ccccc32)S(C)(=O)=O)cc1. The fourth-order valence-corrected chi connectivity index (χ4v) is 4.13. The van der Waals surface area contributed by atoms with E-state index < -0.39 is 10.0 Å². The molecule has 0 bridgehead atoms. The molecule has 1 aliphatic heterocycles. The highest BCUT2D eigenvalue weighted by Crippen LogP contribution is 2.29. The van der Waals surface area contributed by atoms with E-state index in [1.165, 1.54) is 9.21 Å². The maximum atomic E-state index is 12.7. The minimum Gasteiger partial charge on any atom is -0.323 e. The van der Waals surface area contributed by atoms with E-state index in [2.05, 4.69) is 5.32 Å². The number of carbonyl (C=O) groups is 2. The molecule has 0 saturated heterocycles. The normalized spacial score (nSPS) is 13.6. The van der Waals surface area contributed by atoms with Crippen LogP contribution in [-0.2, 0) is 19.6 Å². The molecule has 1 aliphatic rings. The molecular weight excluding hydrogens is 378 g/mol. The monoisotopic (exact) mass is 401 g/mol. The van der Waals surface area contributed by atoms with Crippen LogP contribution in [0, 0.1) is 6.92 Å². The zero-order valence-corrected chi connectivity index (χ0v) is 16.7. The molecule has 0 radical (unpaired) electrons. The van der Waals surface area contributed by atoms with Crippen molar-refractivity contribution in [3.8, 4) is 0 Å². The number of hydrogen-bond donors (Lipinski definition) is 1. The number of amides is 2. The van der Waals surface area contributed by atoms with Crippen molar-refractivity contribution in [3.05, 3.63) is 54.1 Å². The van der Waals surface area contributed by atoms with E-state index in [4.69, 9.17) is 0 Å². The summed E-state index contributed by atoms with van der Waals surface area (Å²) < 4.78 is 25.7. The van der Waals surface area contributed by atoms with E-state index in [0.29, 0.717) is 23.5 Å². The first-order chi connectivity index (χ1) is 13.3. The van der Waals surface area contributed by atoms with Gasteiger partial charge >= 0.3 is 0 Å². The molecule has 28 heavy (non-hydrogen) atoms. The summed E-state index contributed by atoms with van der Waals surface area (Å²) in [6.45, 7) is 2.08. The molecule has 0 atom stereocenters. The van der Waals surface area contributed by atoms with E-state index >= 15 is 0 Å². The van der Waals surface area contributed by atoms with Crippen molar-refractivity contribution < 1.29 is 18.0 Å². The van der Waals surface area contributed by atoms with Gasteiger partial charge in [0.25, 0.3) is 0 Å². The highest BCUT2D eigenvalue weighted by molar-refractivity contribution is 7.92. The molecule has 8 heteroatoms. The Hall–Kier alpha value is -2.87. The van der Waals surface area contributed by atoms with Gasteiger partial charge in [-0.1, -0.05) is 29.8 Å². The van der Waals surface area contributed by atoms with Gasteiger partial charge in [-0.25, -0.2) is 8.42 Å². The summed E-state index contributed by atoms with van der Waals surface area (Å²) in [5.74, 6) is -0.455. The third-order valence-electron chi connectivity index (χ3n) is 4.55. The molecule has 0 spiro atoms. The molecule has 7 nitrogen and oxygen atoms in total. The van der Waals surface area contributed by atoms with Gasteiger partial charge in [0, 0.05) is 13.0 Å². The van der Waals surface area contributed by atoms with Gasteiger partial charge < -0.3 is 10.2 Å². The standard InChI is InChI=1S/C20H23N3O4S/c1-15-9-11-16(12-10-15)23(28(2,26)27)13-5-8-20(25)22-14-19(24)21-17-6-3-4-7-18(17)22/h3-4,6-7,9-12H,5,8,13-14H2,1-2H3,(H,21,24). The highest BCUT2D eigenvalue weighted by atomic mass is 32.2. The first kappa shape index (κ1) is 19.9. The van der Waals surface area contributed by atoms with Gasteiger partial charge in [0.1, 0.15) is 6.54 Å². The Labute approximate surface area is 165 Å². The minimum atomic E-state index is -3.47. The predicted molar refractivity (Wildman–Crippen MR) is 110 cm³/mol. The lowest BCUT2D eigenvalue weighted by Crippen LogP contribution is -2.42. The fraction of sp³-hybridized carbons (Fsp3) is 0.300. The Balaban J connectivity index is 1.68. The first-order valence-electron chi connectivity index (χ1n) is 8.99. The summed E-state index contributed by atoms with van der Waals surface area (Å²) in [6, 6.07) is 14.3. The number of carbonyl (C=O) groups excluding carboxylic acids is 2. The molecule has 2 aromatic carbocycles. The van der Waals surface area contributed by atoms with Crippen LogP contribution >= 0.6 is 0 Å². The van der Waals surface area contributed by atoms with Crippen molar-refractivity contribution in [2.75, 3.05) is 33.9 Å². The Bertz CT molecular complexity index is 987. The Morgan fingerprint density at radius 3 is 2.50 bits per heavy atom. The van der Waals surface area contributed by atoms with Gasteiger partial charge in [0.2, 0.25) is 21.8 Å². The zero-order chi connectivity index (χ0) is 20.3. The molecule has 0 saturated carbocycles. The summed E-state index contributed by atoms with van der Waals surface area (Å²) in [5, 5.41) is 2.74. The molecule has 148 valence electrons. The number of anilines is 3. The van der Waals surface area contributed by atoms with Gasteiger partial charge in [0.05, 0.1) is 23.3 Å². The van der Waals surface area contributed by atoms with E-state index in [1.54, 1.807) is 36.4 Å². The molecule has 0 unspecified atom stereocenters. The van der Waals surface area contributed by atoms with Gasteiger partial charge in [-0.2, -0.15) is 0 Å². The van der Waals surface area contributed by atoms with Crippen LogP contribution in [0.3, 0.4) is 0 Å². The van der Waals surface area contributed by atoms with Crippen LogP contribution < -0.4 is 14.5 Å². The van der Waals surface area contributed by atoms with Crippen LogP contribution in [0.15, 0.2) is 48.5 Å². The van der Waals surface area contributed by atoms with Crippen molar-refractivity contribution in [1.29, 1.82) is 0 Å². The number of benzene rings is 2. The smallest absolute Gasteiger partial charge is 0.244 e. The molecule has 2 aromatic rings.